The van der Waals surface area contributed by atoms with E-state index in [0.717, 1.165) is 11.5 Å². The maximum Gasteiger partial charge on any atom is 0.269 e. The summed E-state index contributed by atoms with van der Waals surface area (Å²) in [6, 6.07) is 3.01. The molecule has 7 heteroatoms. The Balaban J connectivity index is 2.18. The number of halogens is 1. The minimum Gasteiger partial charge on any atom is -0.295 e. The first kappa shape index (κ1) is 11.1. The van der Waals surface area contributed by atoms with Crippen molar-refractivity contribution in [2.75, 3.05) is 0 Å². The van der Waals surface area contributed by atoms with E-state index in [9.17, 15) is 18.8 Å². The number of hydrogen-bond acceptors (Lipinski definition) is 4. The third kappa shape index (κ3) is 1.55. The maximum absolute atomic E-state index is 13.1. The van der Waals surface area contributed by atoms with Gasteiger partial charge in [-0.1, -0.05) is 11.5 Å². The highest BCUT2D eigenvalue weighted by molar-refractivity contribution is 7.14. The summed E-state index contributed by atoms with van der Waals surface area (Å²) in [6.45, 7) is 0. The van der Waals surface area contributed by atoms with Crippen LogP contribution in [0.3, 0.4) is 0 Å². The maximum atomic E-state index is 13.1. The van der Waals surface area contributed by atoms with Gasteiger partial charge < -0.3 is 0 Å². The zero-order valence-corrected chi connectivity index (χ0v) is 9.79. The Bertz CT molecular complexity index is 733. The number of rotatable bonds is 1. The molecule has 1 aromatic heterocycles. The van der Waals surface area contributed by atoms with Crippen LogP contribution in [0.2, 0.25) is 0 Å². The minimum absolute atomic E-state index is 0.0476. The summed E-state index contributed by atoms with van der Waals surface area (Å²) in [5.74, 6) is -1.34. The molecule has 1 aliphatic heterocycles. The highest BCUT2D eigenvalue weighted by Gasteiger charge is 2.34. The van der Waals surface area contributed by atoms with E-state index in [-0.39, 0.29) is 12.0 Å². The average molecular weight is 266 g/mol. The van der Waals surface area contributed by atoms with Crippen LogP contribution in [0.15, 0.2) is 23.0 Å². The van der Waals surface area contributed by atoms with Crippen molar-refractivity contribution >= 4 is 33.4 Å². The van der Waals surface area contributed by atoms with Crippen LogP contribution in [-0.4, -0.2) is 15.8 Å². The smallest absolute Gasteiger partial charge is 0.269 e. The molecule has 3 rings (SSSR count). The van der Waals surface area contributed by atoms with Crippen molar-refractivity contribution in [3.63, 3.8) is 0 Å². The predicted octanol–water partition coefficient (Wildman–Crippen LogP) is 0.790. The number of imide groups is 1. The second-order valence-electron chi connectivity index (χ2n) is 4.00. The van der Waals surface area contributed by atoms with E-state index < -0.39 is 23.7 Å². The summed E-state index contributed by atoms with van der Waals surface area (Å²) >= 11 is 0.992. The Kier molecular flexibility index (Phi) is 2.30. The van der Waals surface area contributed by atoms with E-state index in [1.165, 1.54) is 22.2 Å². The predicted molar refractivity (Wildman–Crippen MR) is 62.8 cm³/mol. The zero-order valence-electron chi connectivity index (χ0n) is 8.97. The van der Waals surface area contributed by atoms with E-state index in [1.54, 1.807) is 0 Å². The van der Waals surface area contributed by atoms with E-state index >= 15 is 0 Å². The van der Waals surface area contributed by atoms with Gasteiger partial charge in [-0.3, -0.25) is 19.7 Å². The van der Waals surface area contributed by atoms with Gasteiger partial charge in [-0.05, 0) is 18.2 Å². The standard InChI is InChI=1S/C11H7FN2O3S/c12-5-1-2-6-8(3-5)18-14(11(6)17)7-4-9(15)13-10(7)16/h1-3,7H,4H2,(H,13,15,16). The Morgan fingerprint density at radius 1 is 1.33 bits per heavy atom. The number of carbonyl (C=O) groups is 2. The fourth-order valence-corrected chi connectivity index (χ4v) is 3.06. The Labute approximate surface area is 104 Å². The summed E-state index contributed by atoms with van der Waals surface area (Å²) in [6.07, 6.45) is -0.0476. The lowest BCUT2D eigenvalue weighted by Crippen LogP contribution is -2.27. The van der Waals surface area contributed by atoms with Gasteiger partial charge in [0.2, 0.25) is 5.91 Å². The first-order chi connectivity index (χ1) is 8.56. The Hall–Kier alpha value is -2.02. The van der Waals surface area contributed by atoms with Crippen molar-refractivity contribution in [1.29, 1.82) is 0 Å². The molecule has 1 atom stereocenters. The van der Waals surface area contributed by atoms with Gasteiger partial charge in [0, 0.05) is 0 Å². The van der Waals surface area contributed by atoms with Crippen molar-refractivity contribution in [2.45, 2.75) is 12.5 Å². The summed E-state index contributed by atoms with van der Waals surface area (Å²) in [5, 5.41) is 2.50. The molecule has 1 aromatic carbocycles. The van der Waals surface area contributed by atoms with Gasteiger partial charge in [0.15, 0.2) is 0 Å². The molecule has 18 heavy (non-hydrogen) atoms. The van der Waals surface area contributed by atoms with Gasteiger partial charge in [0.05, 0.1) is 16.5 Å². The zero-order chi connectivity index (χ0) is 12.9. The Morgan fingerprint density at radius 3 is 2.78 bits per heavy atom. The topological polar surface area (TPSA) is 68.2 Å². The normalized spacial score (nSPS) is 19.5. The lowest BCUT2D eigenvalue weighted by Gasteiger charge is -2.03. The largest absolute Gasteiger partial charge is 0.295 e. The molecule has 0 saturated carbocycles. The highest BCUT2D eigenvalue weighted by atomic mass is 32.1. The molecule has 0 radical (unpaired) electrons. The lowest BCUT2D eigenvalue weighted by atomic mass is 10.2. The van der Waals surface area contributed by atoms with Crippen molar-refractivity contribution in [3.8, 4) is 0 Å². The average Bonchev–Trinajstić information content (AvgIpc) is 2.79. The van der Waals surface area contributed by atoms with Gasteiger partial charge in [0.1, 0.15) is 11.9 Å². The number of benzene rings is 1. The van der Waals surface area contributed by atoms with Crippen LogP contribution >= 0.6 is 11.5 Å². The van der Waals surface area contributed by atoms with Gasteiger partial charge in [-0.25, -0.2) is 8.35 Å². The molecule has 0 bridgehead atoms. The van der Waals surface area contributed by atoms with Crippen LogP contribution in [0.5, 0.6) is 0 Å². The molecule has 1 fully saturated rings. The van der Waals surface area contributed by atoms with Crippen molar-refractivity contribution < 1.29 is 14.0 Å². The SMILES string of the molecule is O=C1CC(n2sc3cc(F)ccc3c2=O)C(=O)N1. The van der Waals surface area contributed by atoms with E-state index in [0.29, 0.717) is 10.1 Å². The molecule has 2 aromatic rings. The first-order valence-electron chi connectivity index (χ1n) is 5.21. The van der Waals surface area contributed by atoms with Crippen LogP contribution in [0, 0.1) is 5.82 Å². The third-order valence-corrected chi connectivity index (χ3v) is 3.95. The van der Waals surface area contributed by atoms with Crippen molar-refractivity contribution in [3.05, 3.63) is 34.4 Å². The molecule has 5 nitrogen and oxygen atoms in total. The van der Waals surface area contributed by atoms with E-state index in [1.807, 2.05) is 0 Å². The monoisotopic (exact) mass is 266 g/mol. The van der Waals surface area contributed by atoms with Gasteiger partial charge >= 0.3 is 0 Å². The molecule has 0 aliphatic carbocycles. The van der Waals surface area contributed by atoms with Crippen LogP contribution in [-0.2, 0) is 9.59 Å². The fraction of sp³-hybridized carbons (Fsp3) is 0.182. The van der Waals surface area contributed by atoms with Crippen molar-refractivity contribution in [2.24, 2.45) is 0 Å². The number of aromatic nitrogens is 1. The highest BCUT2D eigenvalue weighted by Crippen LogP contribution is 2.24. The summed E-state index contributed by atoms with van der Waals surface area (Å²) in [5.41, 5.74) is -0.371. The summed E-state index contributed by atoms with van der Waals surface area (Å²) in [4.78, 5) is 34.7. The number of nitrogens with one attached hydrogen (secondary N) is 1. The van der Waals surface area contributed by atoms with Gasteiger partial charge in [0.25, 0.3) is 11.5 Å². The molecule has 1 N–H and O–H groups in total. The van der Waals surface area contributed by atoms with E-state index in [4.69, 9.17) is 0 Å². The number of amides is 2. The van der Waals surface area contributed by atoms with Crippen LogP contribution in [0.25, 0.3) is 10.1 Å². The fourth-order valence-electron chi connectivity index (χ4n) is 1.95. The summed E-state index contributed by atoms with van der Waals surface area (Å²) in [7, 11) is 0. The second kappa shape index (κ2) is 3.74. The molecular formula is C11H7FN2O3S. The summed E-state index contributed by atoms with van der Waals surface area (Å²) < 4.78 is 14.7. The Morgan fingerprint density at radius 2 is 2.11 bits per heavy atom. The molecule has 92 valence electrons. The molecule has 1 saturated heterocycles. The van der Waals surface area contributed by atoms with Crippen LogP contribution < -0.4 is 10.9 Å². The molecule has 2 heterocycles. The lowest BCUT2D eigenvalue weighted by molar-refractivity contribution is -0.125. The van der Waals surface area contributed by atoms with Crippen LogP contribution in [0.1, 0.15) is 12.5 Å². The molecule has 1 aliphatic rings. The van der Waals surface area contributed by atoms with E-state index in [2.05, 4.69) is 5.32 Å². The van der Waals surface area contributed by atoms with Crippen LogP contribution in [0.4, 0.5) is 4.39 Å². The minimum atomic E-state index is -0.814. The number of nitrogens with zero attached hydrogens (tertiary/aromatic N) is 1. The van der Waals surface area contributed by atoms with Gasteiger partial charge in [-0.15, -0.1) is 0 Å². The molecule has 2 amide bonds. The quantitative estimate of drug-likeness (QED) is 0.776. The number of carbonyl (C=O) groups excluding carboxylic acids is 2. The van der Waals surface area contributed by atoms with Crippen molar-refractivity contribution in [1.82, 2.24) is 9.27 Å². The molecule has 0 spiro atoms. The third-order valence-electron chi connectivity index (χ3n) is 2.80. The number of hydrogen-bond donors (Lipinski definition) is 1. The number of fused-ring (bicyclic) bond motifs is 1. The molecule has 1 unspecified atom stereocenters. The van der Waals surface area contributed by atoms with Gasteiger partial charge in [-0.2, -0.15) is 0 Å². The first-order valence-corrected chi connectivity index (χ1v) is 5.98. The second-order valence-corrected chi connectivity index (χ2v) is 5.01. The molecular weight excluding hydrogens is 259 g/mol.